The third-order valence-electron chi connectivity index (χ3n) is 4.50. The van der Waals surface area contributed by atoms with Gasteiger partial charge in [0.15, 0.2) is 5.96 Å². The van der Waals surface area contributed by atoms with Crippen molar-refractivity contribution in [3.05, 3.63) is 65.2 Å². The van der Waals surface area contributed by atoms with Gasteiger partial charge < -0.3 is 15.0 Å². The minimum absolute atomic E-state index is 0.233. The van der Waals surface area contributed by atoms with Crippen LogP contribution < -0.4 is 10.0 Å². The van der Waals surface area contributed by atoms with Crippen LogP contribution in [0.3, 0.4) is 0 Å². The van der Waals surface area contributed by atoms with E-state index in [9.17, 15) is 8.42 Å². The Balaban J connectivity index is 2.01. The molecule has 0 aliphatic rings. The SMILES string of the molecule is CN=C(NCc1cccc(S(=O)(=O)NCCOC)c1)N(C)Cc1ccccc1C. The Labute approximate surface area is 173 Å². The number of methoxy groups -OCH3 is 1. The molecule has 0 aliphatic heterocycles. The Bertz CT molecular complexity index is 929. The number of ether oxygens (including phenoxy) is 1. The molecule has 158 valence electrons. The van der Waals surface area contributed by atoms with Gasteiger partial charge in [-0.1, -0.05) is 36.4 Å². The Morgan fingerprint density at radius 2 is 1.93 bits per heavy atom. The Kier molecular flexibility index (Phi) is 8.63. The summed E-state index contributed by atoms with van der Waals surface area (Å²) in [4.78, 5) is 6.61. The summed E-state index contributed by atoms with van der Waals surface area (Å²) in [5.41, 5.74) is 3.31. The third-order valence-corrected chi connectivity index (χ3v) is 5.96. The van der Waals surface area contributed by atoms with E-state index in [0.717, 1.165) is 18.1 Å². The van der Waals surface area contributed by atoms with E-state index < -0.39 is 10.0 Å². The van der Waals surface area contributed by atoms with Crippen molar-refractivity contribution >= 4 is 16.0 Å². The first-order valence-electron chi connectivity index (χ1n) is 9.41. The summed E-state index contributed by atoms with van der Waals surface area (Å²) in [6.45, 7) is 3.84. The molecule has 0 unspecified atom stereocenters. The van der Waals surface area contributed by atoms with Gasteiger partial charge in [-0.15, -0.1) is 0 Å². The van der Waals surface area contributed by atoms with Crippen molar-refractivity contribution in [3.63, 3.8) is 0 Å². The van der Waals surface area contributed by atoms with Crippen molar-refractivity contribution in [2.45, 2.75) is 24.9 Å². The highest BCUT2D eigenvalue weighted by atomic mass is 32.2. The molecule has 0 fully saturated rings. The standard InChI is InChI=1S/C21H30N4O3S/c1-17-8-5-6-10-19(17)16-25(3)21(22-2)23-15-18-9-7-11-20(14-18)29(26,27)24-12-13-28-4/h5-11,14,24H,12-13,15-16H2,1-4H3,(H,22,23). The first-order valence-corrected chi connectivity index (χ1v) is 10.9. The van der Waals surface area contributed by atoms with Crippen molar-refractivity contribution in [3.8, 4) is 0 Å². The molecule has 0 spiro atoms. The van der Waals surface area contributed by atoms with Gasteiger partial charge in [0.05, 0.1) is 11.5 Å². The summed E-state index contributed by atoms with van der Waals surface area (Å²) in [7, 11) is 1.68. The Morgan fingerprint density at radius 1 is 1.17 bits per heavy atom. The molecule has 29 heavy (non-hydrogen) atoms. The smallest absolute Gasteiger partial charge is 0.240 e. The third kappa shape index (κ3) is 6.85. The van der Waals surface area contributed by atoms with Crippen molar-refractivity contribution in [1.29, 1.82) is 0 Å². The summed E-state index contributed by atoms with van der Waals surface area (Å²) in [5, 5.41) is 3.30. The van der Waals surface area contributed by atoms with Gasteiger partial charge in [-0.05, 0) is 35.7 Å². The average Bonchev–Trinajstić information content (AvgIpc) is 2.70. The zero-order chi connectivity index (χ0) is 21.3. The van der Waals surface area contributed by atoms with Crippen molar-refractivity contribution in [2.75, 3.05) is 34.4 Å². The topological polar surface area (TPSA) is 83.0 Å². The monoisotopic (exact) mass is 418 g/mol. The molecule has 0 bridgehead atoms. The van der Waals surface area contributed by atoms with E-state index in [4.69, 9.17) is 4.74 Å². The lowest BCUT2D eigenvalue weighted by Gasteiger charge is -2.23. The maximum absolute atomic E-state index is 12.4. The Hall–Kier alpha value is -2.42. The van der Waals surface area contributed by atoms with E-state index in [1.807, 2.05) is 30.1 Å². The van der Waals surface area contributed by atoms with Gasteiger partial charge in [0.25, 0.3) is 0 Å². The van der Waals surface area contributed by atoms with E-state index in [0.29, 0.717) is 13.2 Å². The molecule has 0 amide bonds. The first kappa shape index (κ1) is 22.9. The molecule has 0 saturated carbocycles. The number of rotatable bonds is 9. The van der Waals surface area contributed by atoms with E-state index in [-0.39, 0.29) is 11.4 Å². The lowest BCUT2D eigenvalue weighted by Crippen LogP contribution is -2.38. The molecule has 7 nitrogen and oxygen atoms in total. The van der Waals surface area contributed by atoms with Crippen molar-refractivity contribution in [1.82, 2.24) is 14.9 Å². The van der Waals surface area contributed by atoms with Gasteiger partial charge >= 0.3 is 0 Å². The first-order chi connectivity index (χ1) is 13.9. The lowest BCUT2D eigenvalue weighted by molar-refractivity contribution is 0.204. The van der Waals surface area contributed by atoms with Crippen LogP contribution in [0.15, 0.2) is 58.4 Å². The molecule has 0 aliphatic carbocycles. The molecule has 0 atom stereocenters. The molecule has 2 N–H and O–H groups in total. The molecular weight excluding hydrogens is 388 g/mol. The van der Waals surface area contributed by atoms with Crippen LogP contribution in [0.5, 0.6) is 0 Å². The average molecular weight is 419 g/mol. The minimum Gasteiger partial charge on any atom is -0.383 e. The predicted molar refractivity (Wildman–Crippen MR) is 116 cm³/mol. The second-order valence-corrected chi connectivity index (χ2v) is 8.49. The van der Waals surface area contributed by atoms with E-state index in [1.165, 1.54) is 18.2 Å². The fourth-order valence-corrected chi connectivity index (χ4v) is 3.95. The fourth-order valence-electron chi connectivity index (χ4n) is 2.87. The Morgan fingerprint density at radius 3 is 2.62 bits per heavy atom. The molecule has 0 radical (unpaired) electrons. The summed E-state index contributed by atoms with van der Waals surface area (Å²) in [6.07, 6.45) is 0. The molecule has 2 aromatic rings. The summed E-state index contributed by atoms with van der Waals surface area (Å²) in [6, 6.07) is 15.1. The van der Waals surface area contributed by atoms with Crippen LogP contribution >= 0.6 is 0 Å². The highest BCUT2D eigenvalue weighted by Gasteiger charge is 2.14. The molecule has 2 rings (SSSR count). The number of aryl methyl sites for hydroxylation is 1. The predicted octanol–water partition coefficient (Wildman–Crippen LogP) is 2.13. The molecule has 0 aromatic heterocycles. The van der Waals surface area contributed by atoms with Crippen LogP contribution in [0.1, 0.15) is 16.7 Å². The number of nitrogens with one attached hydrogen (secondary N) is 2. The highest BCUT2D eigenvalue weighted by molar-refractivity contribution is 7.89. The summed E-state index contributed by atoms with van der Waals surface area (Å²) in [5.74, 6) is 0.736. The molecule has 2 aromatic carbocycles. The zero-order valence-corrected chi connectivity index (χ0v) is 18.3. The number of sulfonamides is 1. The molecule has 8 heteroatoms. The zero-order valence-electron chi connectivity index (χ0n) is 17.5. The lowest BCUT2D eigenvalue weighted by atomic mass is 10.1. The quantitative estimate of drug-likeness (QED) is 0.370. The van der Waals surface area contributed by atoms with Crippen LogP contribution in [0, 0.1) is 6.92 Å². The number of hydrogen-bond acceptors (Lipinski definition) is 4. The number of benzene rings is 2. The van der Waals surface area contributed by atoms with Gasteiger partial charge in [-0.25, -0.2) is 13.1 Å². The summed E-state index contributed by atoms with van der Waals surface area (Å²) < 4.78 is 32.2. The summed E-state index contributed by atoms with van der Waals surface area (Å²) >= 11 is 0. The largest absolute Gasteiger partial charge is 0.383 e. The van der Waals surface area contributed by atoms with Gasteiger partial charge in [0.2, 0.25) is 10.0 Å². The van der Waals surface area contributed by atoms with E-state index in [2.05, 4.69) is 34.1 Å². The number of aliphatic imine (C=N–C) groups is 1. The van der Waals surface area contributed by atoms with Gasteiger partial charge in [0, 0.05) is 40.8 Å². The number of nitrogens with zero attached hydrogens (tertiary/aromatic N) is 2. The molecule has 0 heterocycles. The maximum Gasteiger partial charge on any atom is 0.240 e. The normalized spacial score (nSPS) is 12.1. The van der Waals surface area contributed by atoms with Crippen molar-refractivity contribution < 1.29 is 13.2 Å². The van der Waals surface area contributed by atoms with E-state index in [1.54, 1.807) is 25.2 Å². The number of guanidine groups is 1. The van der Waals surface area contributed by atoms with Gasteiger partial charge in [0.1, 0.15) is 0 Å². The maximum atomic E-state index is 12.4. The van der Waals surface area contributed by atoms with Crippen LogP contribution in [-0.2, 0) is 27.8 Å². The van der Waals surface area contributed by atoms with Crippen molar-refractivity contribution in [2.24, 2.45) is 4.99 Å². The van der Waals surface area contributed by atoms with E-state index >= 15 is 0 Å². The molecular formula is C21H30N4O3S. The van der Waals surface area contributed by atoms with Crippen LogP contribution in [-0.4, -0.2) is 53.6 Å². The second-order valence-electron chi connectivity index (χ2n) is 6.72. The number of hydrogen-bond donors (Lipinski definition) is 2. The van der Waals surface area contributed by atoms with Crippen LogP contribution in [0.2, 0.25) is 0 Å². The second kappa shape index (κ2) is 10.9. The van der Waals surface area contributed by atoms with Gasteiger partial charge in [-0.3, -0.25) is 4.99 Å². The minimum atomic E-state index is -3.56. The highest BCUT2D eigenvalue weighted by Crippen LogP contribution is 2.12. The van der Waals surface area contributed by atoms with Gasteiger partial charge in [-0.2, -0.15) is 0 Å². The van der Waals surface area contributed by atoms with Crippen LogP contribution in [0.25, 0.3) is 0 Å². The van der Waals surface area contributed by atoms with Crippen LogP contribution in [0.4, 0.5) is 0 Å². The fraction of sp³-hybridized carbons (Fsp3) is 0.381. The molecule has 0 saturated heterocycles.